The molecular weight excluding hydrogens is 189 g/mol. The zero-order chi connectivity index (χ0) is 10.3. The Hall–Kier alpha value is -1.96. The molecule has 1 aromatic carbocycles. The normalized spacial score (nSPS) is 11.0. The molecule has 0 spiro atoms. The van der Waals surface area contributed by atoms with Crippen molar-refractivity contribution in [1.29, 1.82) is 0 Å². The van der Waals surface area contributed by atoms with Crippen molar-refractivity contribution in [2.24, 2.45) is 0 Å². The second-order valence-corrected chi connectivity index (χ2v) is 3.58. The van der Waals surface area contributed by atoms with E-state index in [1.54, 1.807) is 12.1 Å². The SMILES string of the molecule is Fc1ccc2cc3cccc[n+]3cc2c1. The maximum atomic E-state index is 13.0. The molecule has 3 aromatic rings. The van der Waals surface area contributed by atoms with Gasteiger partial charge in [0.15, 0.2) is 12.4 Å². The number of halogens is 1. The number of pyridine rings is 2. The Bertz CT molecular complexity index is 646. The van der Waals surface area contributed by atoms with Gasteiger partial charge in [0.1, 0.15) is 5.82 Å². The van der Waals surface area contributed by atoms with Gasteiger partial charge in [-0.3, -0.25) is 0 Å². The Labute approximate surface area is 86.4 Å². The van der Waals surface area contributed by atoms with Crippen molar-refractivity contribution in [3.8, 4) is 0 Å². The van der Waals surface area contributed by atoms with E-state index in [9.17, 15) is 4.39 Å². The van der Waals surface area contributed by atoms with Crippen LogP contribution in [0.1, 0.15) is 0 Å². The van der Waals surface area contributed by atoms with E-state index < -0.39 is 0 Å². The van der Waals surface area contributed by atoms with Crippen LogP contribution in [0.2, 0.25) is 0 Å². The van der Waals surface area contributed by atoms with E-state index in [4.69, 9.17) is 0 Å². The van der Waals surface area contributed by atoms with Crippen LogP contribution in [-0.4, -0.2) is 0 Å². The molecule has 1 nitrogen and oxygen atoms in total. The largest absolute Gasteiger partial charge is 0.211 e. The first-order valence-corrected chi connectivity index (χ1v) is 4.82. The van der Waals surface area contributed by atoms with E-state index in [0.29, 0.717) is 0 Å². The molecule has 72 valence electrons. The van der Waals surface area contributed by atoms with Crippen molar-refractivity contribution < 1.29 is 8.79 Å². The van der Waals surface area contributed by atoms with E-state index in [1.807, 2.05) is 35.0 Å². The number of rotatable bonds is 0. The second kappa shape index (κ2) is 3.02. The van der Waals surface area contributed by atoms with Gasteiger partial charge in [0.25, 0.3) is 0 Å². The van der Waals surface area contributed by atoms with Gasteiger partial charge in [0.05, 0.1) is 0 Å². The van der Waals surface area contributed by atoms with Gasteiger partial charge in [-0.25, -0.2) is 4.39 Å². The van der Waals surface area contributed by atoms with Gasteiger partial charge in [-0.05, 0) is 23.6 Å². The monoisotopic (exact) mass is 198 g/mol. The fraction of sp³-hybridized carbons (Fsp3) is 0. The number of aromatic nitrogens is 1. The Morgan fingerprint density at radius 3 is 2.80 bits per heavy atom. The van der Waals surface area contributed by atoms with Gasteiger partial charge >= 0.3 is 0 Å². The molecule has 15 heavy (non-hydrogen) atoms. The number of hydrogen-bond acceptors (Lipinski definition) is 0. The highest BCUT2D eigenvalue weighted by molar-refractivity contribution is 5.83. The van der Waals surface area contributed by atoms with E-state index in [-0.39, 0.29) is 5.82 Å². The molecule has 0 radical (unpaired) electrons. The second-order valence-electron chi connectivity index (χ2n) is 3.58. The third kappa shape index (κ3) is 1.34. The van der Waals surface area contributed by atoms with E-state index >= 15 is 0 Å². The van der Waals surface area contributed by atoms with Crippen molar-refractivity contribution in [2.45, 2.75) is 0 Å². The van der Waals surface area contributed by atoms with Crippen LogP contribution in [-0.2, 0) is 0 Å². The van der Waals surface area contributed by atoms with Crippen LogP contribution < -0.4 is 4.40 Å². The molecule has 0 unspecified atom stereocenters. The Morgan fingerprint density at radius 1 is 0.933 bits per heavy atom. The van der Waals surface area contributed by atoms with Crippen molar-refractivity contribution in [3.05, 3.63) is 60.7 Å². The molecule has 0 N–H and O–H groups in total. The molecule has 0 amide bonds. The number of benzene rings is 1. The first-order valence-electron chi connectivity index (χ1n) is 4.82. The van der Waals surface area contributed by atoms with Gasteiger partial charge in [0, 0.05) is 23.6 Å². The van der Waals surface area contributed by atoms with Gasteiger partial charge in [-0.2, -0.15) is 4.40 Å². The van der Waals surface area contributed by atoms with Crippen molar-refractivity contribution in [2.75, 3.05) is 0 Å². The molecule has 3 rings (SSSR count). The van der Waals surface area contributed by atoms with Crippen LogP contribution in [0.15, 0.2) is 54.9 Å². The Kier molecular flexibility index (Phi) is 1.68. The molecule has 2 heteroatoms. The molecule has 0 saturated heterocycles. The van der Waals surface area contributed by atoms with Gasteiger partial charge in [0.2, 0.25) is 5.52 Å². The average Bonchev–Trinajstić information content (AvgIpc) is 2.26. The van der Waals surface area contributed by atoms with Crippen LogP contribution in [0.5, 0.6) is 0 Å². The fourth-order valence-electron chi connectivity index (χ4n) is 1.81. The van der Waals surface area contributed by atoms with Crippen molar-refractivity contribution in [1.82, 2.24) is 0 Å². The topological polar surface area (TPSA) is 4.10 Å². The zero-order valence-corrected chi connectivity index (χ0v) is 8.02. The van der Waals surface area contributed by atoms with Crippen LogP contribution in [0.4, 0.5) is 4.39 Å². The maximum absolute atomic E-state index is 13.0. The quantitative estimate of drug-likeness (QED) is 0.386. The average molecular weight is 198 g/mol. The standard InChI is InChI=1S/C13H9FN/c14-12-5-4-10-8-13-3-1-2-6-15(13)9-11(10)7-12/h1-9H/q+1. The highest BCUT2D eigenvalue weighted by Gasteiger charge is 2.04. The number of hydrogen-bond donors (Lipinski definition) is 0. The molecule has 0 fully saturated rings. The zero-order valence-electron chi connectivity index (χ0n) is 8.02. The molecule has 2 heterocycles. The molecule has 0 aliphatic heterocycles. The predicted molar refractivity (Wildman–Crippen MR) is 57.1 cm³/mol. The molecule has 0 bridgehead atoms. The van der Waals surface area contributed by atoms with Crippen LogP contribution in [0.3, 0.4) is 0 Å². The minimum Gasteiger partial charge on any atom is -0.207 e. The molecule has 0 saturated carbocycles. The van der Waals surface area contributed by atoms with E-state index in [2.05, 4.69) is 6.07 Å². The maximum Gasteiger partial charge on any atom is 0.211 e. The van der Waals surface area contributed by atoms with Gasteiger partial charge in [-0.15, -0.1) is 0 Å². The molecule has 0 atom stereocenters. The lowest BCUT2D eigenvalue weighted by molar-refractivity contribution is -0.510. The summed E-state index contributed by atoms with van der Waals surface area (Å²) in [4.78, 5) is 0. The van der Waals surface area contributed by atoms with Crippen molar-refractivity contribution >= 4 is 16.3 Å². The lowest BCUT2D eigenvalue weighted by Gasteiger charge is -1.96. The molecule has 2 aromatic heterocycles. The predicted octanol–water partition coefficient (Wildman–Crippen LogP) is 2.72. The Balaban J connectivity index is 2.47. The third-order valence-electron chi connectivity index (χ3n) is 2.55. The summed E-state index contributed by atoms with van der Waals surface area (Å²) in [6.45, 7) is 0. The lowest BCUT2D eigenvalue weighted by atomic mass is 10.1. The first-order chi connectivity index (χ1) is 7.33. The Morgan fingerprint density at radius 2 is 1.87 bits per heavy atom. The highest BCUT2D eigenvalue weighted by Crippen LogP contribution is 2.14. The van der Waals surface area contributed by atoms with E-state index in [1.165, 1.54) is 6.07 Å². The smallest absolute Gasteiger partial charge is 0.207 e. The van der Waals surface area contributed by atoms with Gasteiger partial charge in [-0.1, -0.05) is 6.07 Å². The van der Waals surface area contributed by atoms with E-state index in [0.717, 1.165) is 16.3 Å². The summed E-state index contributed by atoms with van der Waals surface area (Å²) in [5, 5.41) is 1.97. The van der Waals surface area contributed by atoms with Crippen LogP contribution in [0.25, 0.3) is 16.3 Å². The minimum absolute atomic E-state index is 0.196. The van der Waals surface area contributed by atoms with Crippen LogP contribution in [0, 0.1) is 5.82 Å². The molecule has 0 aliphatic carbocycles. The third-order valence-corrected chi connectivity index (χ3v) is 2.55. The molecular formula is C13H9FN+. The summed E-state index contributed by atoms with van der Waals surface area (Å²) in [7, 11) is 0. The van der Waals surface area contributed by atoms with Gasteiger partial charge < -0.3 is 0 Å². The van der Waals surface area contributed by atoms with Crippen LogP contribution >= 0.6 is 0 Å². The summed E-state index contributed by atoms with van der Waals surface area (Å²) >= 11 is 0. The number of nitrogens with zero attached hydrogens (tertiary/aromatic N) is 1. The molecule has 0 aliphatic rings. The lowest BCUT2D eigenvalue weighted by Crippen LogP contribution is -2.19. The number of fused-ring (bicyclic) bond motifs is 2. The summed E-state index contributed by atoms with van der Waals surface area (Å²) in [6, 6.07) is 12.9. The summed E-state index contributed by atoms with van der Waals surface area (Å²) in [5.74, 6) is -0.196. The fourth-order valence-corrected chi connectivity index (χ4v) is 1.81. The summed E-state index contributed by atoms with van der Waals surface area (Å²) in [5.41, 5.74) is 1.11. The minimum atomic E-state index is -0.196. The summed E-state index contributed by atoms with van der Waals surface area (Å²) in [6.07, 6.45) is 3.90. The first kappa shape index (κ1) is 8.36. The highest BCUT2D eigenvalue weighted by atomic mass is 19.1. The van der Waals surface area contributed by atoms with Crippen molar-refractivity contribution in [3.63, 3.8) is 0 Å². The summed E-state index contributed by atoms with van der Waals surface area (Å²) < 4.78 is 15.0.